The molecule has 202 valence electrons. The number of rotatable bonds is 8. The summed E-state index contributed by atoms with van der Waals surface area (Å²) in [5, 5.41) is 25.5. The number of hydrogen-bond donors (Lipinski definition) is 2. The van der Waals surface area contributed by atoms with E-state index in [0.29, 0.717) is 35.1 Å². The molecule has 0 aliphatic heterocycles. The van der Waals surface area contributed by atoms with Crippen molar-refractivity contribution in [3.63, 3.8) is 0 Å². The van der Waals surface area contributed by atoms with Crippen LogP contribution in [-0.4, -0.2) is 25.5 Å². The average molecular weight is 610 g/mol. The molecule has 0 unspecified atom stereocenters. The summed E-state index contributed by atoms with van der Waals surface area (Å²) in [5.41, 5.74) is 0.0403. The van der Waals surface area contributed by atoms with Gasteiger partial charge in [-0.15, -0.1) is 5.11 Å². The van der Waals surface area contributed by atoms with Crippen molar-refractivity contribution in [2.24, 2.45) is 10.2 Å². The molecule has 0 atom stereocenters. The summed E-state index contributed by atoms with van der Waals surface area (Å²) < 4.78 is 39.3. The fourth-order valence-corrected chi connectivity index (χ4v) is 5.17. The maximum absolute atomic E-state index is 13.5. The molecule has 0 aromatic heterocycles. The van der Waals surface area contributed by atoms with Gasteiger partial charge in [0.15, 0.2) is 0 Å². The molecule has 4 aromatic rings. The molecule has 0 saturated heterocycles. The molecule has 4 rings (SSSR count). The molecular weight excluding hydrogens is 588 g/mol. The van der Waals surface area contributed by atoms with Crippen LogP contribution in [0.5, 0.6) is 11.5 Å². The van der Waals surface area contributed by atoms with Gasteiger partial charge in [-0.05, 0) is 54.6 Å². The van der Waals surface area contributed by atoms with Gasteiger partial charge in [0.2, 0.25) is 0 Å². The molecule has 0 spiro atoms. The van der Waals surface area contributed by atoms with Gasteiger partial charge in [-0.3, -0.25) is 9.35 Å². The number of azo groups is 1. The van der Waals surface area contributed by atoms with E-state index in [2.05, 4.69) is 15.5 Å². The Kier molecular flexibility index (Phi) is 10.6. The van der Waals surface area contributed by atoms with Crippen molar-refractivity contribution < 1.29 is 57.2 Å². The van der Waals surface area contributed by atoms with Gasteiger partial charge in [0.1, 0.15) is 21.4 Å². The molecule has 4 aromatic carbocycles. The second-order valence-corrected chi connectivity index (χ2v) is 10.5. The summed E-state index contributed by atoms with van der Waals surface area (Å²) in [6.45, 7) is 3.90. The predicted molar refractivity (Wildman–Crippen MR) is 149 cm³/mol. The van der Waals surface area contributed by atoms with Gasteiger partial charge in [0, 0.05) is 16.0 Å². The van der Waals surface area contributed by atoms with Crippen LogP contribution in [0.2, 0.25) is 10.0 Å². The standard InChI is InChI=1S/C27H23Cl2N3O6S.Na/c1-3-15-12-17(28)14-22(39(35,36)37)24(15)31-32-25-18-9-6-5-8-16(18)13-19(26(25)33)27(34)30-20-10-7-11-21(23(20)29)38-4-2;/h5-14,33H,3-4H2,1-2H3,(H,30,34)(H,35,36,37);/q;+1/p-1. The van der Waals surface area contributed by atoms with Crippen molar-refractivity contribution in [3.8, 4) is 11.5 Å². The molecule has 0 radical (unpaired) electrons. The molecular formula is C27H22Cl2N3NaO6S. The van der Waals surface area contributed by atoms with Crippen molar-refractivity contribution >= 4 is 67.1 Å². The average Bonchev–Trinajstić information content (AvgIpc) is 2.89. The van der Waals surface area contributed by atoms with Crippen molar-refractivity contribution in [3.05, 3.63) is 81.8 Å². The number of hydrogen-bond acceptors (Lipinski definition) is 7. The fourth-order valence-electron chi connectivity index (χ4n) is 3.95. The number of carbonyl (C=O) groups excluding carboxylic acids is 1. The van der Waals surface area contributed by atoms with Gasteiger partial charge in [-0.1, -0.05) is 66.2 Å². The first-order valence-corrected chi connectivity index (χ1v) is 13.9. The van der Waals surface area contributed by atoms with E-state index in [9.17, 15) is 22.9 Å². The number of halogens is 2. The summed E-state index contributed by atoms with van der Waals surface area (Å²) in [6.07, 6.45) is 0.312. The minimum absolute atomic E-state index is 0. The van der Waals surface area contributed by atoms with Gasteiger partial charge in [0.05, 0.1) is 18.0 Å². The first-order valence-electron chi connectivity index (χ1n) is 11.7. The van der Waals surface area contributed by atoms with E-state index in [1.807, 2.05) is 0 Å². The second kappa shape index (κ2) is 13.3. The molecule has 0 aliphatic rings. The third kappa shape index (κ3) is 6.77. The van der Waals surface area contributed by atoms with Gasteiger partial charge < -0.3 is 15.2 Å². The summed E-state index contributed by atoms with van der Waals surface area (Å²) >= 11 is 12.4. The molecule has 0 aliphatic carbocycles. The quantitative estimate of drug-likeness (QED) is 0.175. The fraction of sp³-hybridized carbons (Fsp3) is 0.148. The molecule has 0 fully saturated rings. The molecule has 0 heterocycles. The number of nitrogens with zero attached hydrogens (tertiary/aromatic N) is 2. The van der Waals surface area contributed by atoms with Gasteiger partial charge in [0.25, 0.3) is 16.0 Å². The first-order chi connectivity index (χ1) is 18.5. The Labute approximate surface area is 263 Å². The van der Waals surface area contributed by atoms with E-state index < -0.39 is 26.7 Å². The van der Waals surface area contributed by atoms with Crippen LogP contribution in [0.25, 0.3) is 10.8 Å². The van der Waals surface area contributed by atoms with Crippen molar-refractivity contribution in [2.45, 2.75) is 25.2 Å². The third-order valence-electron chi connectivity index (χ3n) is 5.76. The predicted octanol–water partition coefficient (Wildman–Crippen LogP) is 4.10. The van der Waals surface area contributed by atoms with Crippen LogP contribution in [0, 0.1) is 0 Å². The second-order valence-electron chi connectivity index (χ2n) is 8.27. The molecule has 0 bridgehead atoms. The molecule has 0 saturated carbocycles. The maximum Gasteiger partial charge on any atom is 1.00 e. The van der Waals surface area contributed by atoms with Gasteiger partial charge in [-0.25, -0.2) is 0 Å². The van der Waals surface area contributed by atoms with E-state index >= 15 is 0 Å². The van der Waals surface area contributed by atoms with Crippen LogP contribution >= 0.6 is 23.2 Å². The third-order valence-corrected chi connectivity index (χ3v) is 7.23. The Morgan fingerprint density at radius 2 is 1.73 bits per heavy atom. The number of ether oxygens (including phenoxy) is 1. The maximum atomic E-state index is 13.5. The number of aryl methyl sites for hydroxylation is 1. The van der Waals surface area contributed by atoms with Crippen LogP contribution in [0.4, 0.5) is 17.1 Å². The zero-order chi connectivity index (χ0) is 28.3. The van der Waals surface area contributed by atoms with E-state index in [1.165, 1.54) is 12.1 Å². The van der Waals surface area contributed by atoms with E-state index in [4.69, 9.17) is 27.9 Å². The zero-order valence-corrected chi connectivity index (χ0v) is 26.1. The van der Waals surface area contributed by atoms with Crippen LogP contribution in [0.3, 0.4) is 0 Å². The number of fused-ring (bicyclic) bond motifs is 1. The van der Waals surface area contributed by atoms with E-state index in [0.717, 1.165) is 6.07 Å². The Balaban J connectivity index is 0.00000441. The Bertz CT molecular complexity index is 1730. The van der Waals surface area contributed by atoms with E-state index in [-0.39, 0.29) is 62.2 Å². The summed E-state index contributed by atoms with van der Waals surface area (Å²) in [5.74, 6) is -1.11. The molecule has 13 heteroatoms. The first kappa shape index (κ1) is 31.8. The largest absolute Gasteiger partial charge is 1.00 e. The van der Waals surface area contributed by atoms with Crippen LogP contribution in [-0.2, 0) is 16.5 Å². The van der Waals surface area contributed by atoms with Gasteiger partial charge in [-0.2, -0.15) is 13.5 Å². The van der Waals surface area contributed by atoms with Crippen LogP contribution in [0.15, 0.2) is 75.8 Å². The van der Waals surface area contributed by atoms with E-state index in [1.54, 1.807) is 56.3 Å². The minimum atomic E-state index is -4.72. The molecule has 40 heavy (non-hydrogen) atoms. The Hall–Kier alpha value is -2.70. The van der Waals surface area contributed by atoms with Crippen molar-refractivity contribution in [1.82, 2.24) is 0 Å². The topological polar surface area (TPSA) is 140 Å². The van der Waals surface area contributed by atoms with Crippen LogP contribution in [0.1, 0.15) is 29.8 Å². The number of benzene rings is 4. The molecule has 2 N–H and O–H groups in total. The number of anilines is 1. The normalized spacial score (nSPS) is 11.4. The minimum Gasteiger partial charge on any atom is -0.870 e. The Morgan fingerprint density at radius 3 is 2.40 bits per heavy atom. The SMILES string of the molecule is CCOc1cccc(NC(=O)c2cc3ccccc3c(N=Nc3c(CC)cc(Cl)cc3S(=O)(=O)O)c2[O-])c1Cl.[Na+]. The monoisotopic (exact) mass is 609 g/mol. The smallest absolute Gasteiger partial charge is 0.870 e. The summed E-state index contributed by atoms with van der Waals surface area (Å²) in [7, 11) is -4.72. The number of amides is 1. The molecule has 1 amide bonds. The van der Waals surface area contributed by atoms with Crippen molar-refractivity contribution in [2.75, 3.05) is 11.9 Å². The molecule has 9 nitrogen and oxygen atoms in total. The zero-order valence-electron chi connectivity index (χ0n) is 21.7. The Morgan fingerprint density at radius 1 is 1.02 bits per heavy atom. The summed E-state index contributed by atoms with van der Waals surface area (Å²) in [6, 6.07) is 15.6. The van der Waals surface area contributed by atoms with Gasteiger partial charge >= 0.3 is 29.6 Å². The van der Waals surface area contributed by atoms with Crippen LogP contribution < -0.4 is 44.7 Å². The number of carbonyl (C=O) groups is 1. The van der Waals surface area contributed by atoms with Crippen molar-refractivity contribution in [1.29, 1.82) is 0 Å². The number of nitrogens with one attached hydrogen (secondary N) is 1. The summed E-state index contributed by atoms with van der Waals surface area (Å²) in [4.78, 5) is 12.7.